The Hall–Kier alpha value is -3.64. The molecule has 0 saturated carbocycles. The number of hydrogen-bond donors (Lipinski definition) is 0. The fraction of sp³-hybridized carbons (Fsp3) is 0.185. The molecule has 6 heteroatoms. The number of fused-ring (bicyclic) bond motifs is 1. The van der Waals surface area contributed by atoms with Gasteiger partial charge >= 0.3 is 11.9 Å². The zero-order chi connectivity index (χ0) is 23.3. The maximum atomic E-state index is 13.1. The zero-order valence-corrected chi connectivity index (χ0v) is 19.7. The van der Waals surface area contributed by atoms with Crippen molar-refractivity contribution in [2.24, 2.45) is 0 Å². The van der Waals surface area contributed by atoms with Gasteiger partial charge in [0.05, 0.1) is 18.3 Å². The van der Waals surface area contributed by atoms with Gasteiger partial charge in [-0.3, -0.25) is 0 Å². The van der Waals surface area contributed by atoms with Gasteiger partial charge in [0.1, 0.15) is 5.75 Å². The van der Waals surface area contributed by atoms with Gasteiger partial charge < -0.3 is 14.0 Å². The average molecular weight is 458 g/mol. The lowest BCUT2D eigenvalue weighted by Gasteiger charge is -2.09. The number of aryl methyl sites for hydroxylation is 2. The van der Waals surface area contributed by atoms with Gasteiger partial charge in [0.2, 0.25) is 0 Å². The third-order valence-electron chi connectivity index (χ3n) is 6.12. The van der Waals surface area contributed by atoms with Crippen LogP contribution in [0.4, 0.5) is 0 Å². The molecule has 0 aliphatic carbocycles. The number of thiophene rings is 1. The first-order chi connectivity index (χ1) is 15.9. The smallest absolute Gasteiger partial charge is 0.347 e. The van der Waals surface area contributed by atoms with E-state index in [1.165, 1.54) is 0 Å². The number of cyclic esters (lactones) is 2. The zero-order valence-electron chi connectivity index (χ0n) is 18.9. The minimum atomic E-state index is -0.608. The van der Waals surface area contributed by atoms with Gasteiger partial charge in [-0.2, -0.15) is 0 Å². The Bertz CT molecular complexity index is 1460. The molecule has 0 saturated heterocycles. The van der Waals surface area contributed by atoms with Crippen LogP contribution in [0, 0.1) is 20.8 Å². The molecule has 1 aliphatic rings. The van der Waals surface area contributed by atoms with E-state index in [0.29, 0.717) is 29.0 Å². The summed E-state index contributed by atoms with van der Waals surface area (Å²) in [5.41, 5.74) is 5.14. The fourth-order valence-corrected chi connectivity index (χ4v) is 5.55. The Morgan fingerprint density at radius 3 is 2.33 bits per heavy atom. The van der Waals surface area contributed by atoms with Crippen LogP contribution in [0.2, 0.25) is 0 Å². The van der Waals surface area contributed by atoms with E-state index in [0.717, 1.165) is 37.5 Å². The van der Waals surface area contributed by atoms with E-state index in [1.54, 1.807) is 18.4 Å². The third kappa shape index (κ3) is 3.47. The summed E-state index contributed by atoms with van der Waals surface area (Å²) in [4.78, 5) is 28.0. The standard InChI is InChI=1S/C27H23NO4S/c1-15-12-20(17(3)33-15)24-25(27(30)32-26(24)29)23-16(2)28(14-18-8-6-5-7-9-18)22-11-10-19(31-4)13-21(22)23/h5-13H,14H2,1-4H3. The molecule has 0 spiro atoms. The molecule has 1 aliphatic heterocycles. The van der Waals surface area contributed by atoms with Crippen LogP contribution in [0.15, 0.2) is 54.6 Å². The van der Waals surface area contributed by atoms with Crippen molar-refractivity contribution in [3.05, 3.63) is 86.7 Å². The summed E-state index contributed by atoms with van der Waals surface area (Å²) in [7, 11) is 1.62. The van der Waals surface area contributed by atoms with E-state index in [9.17, 15) is 9.59 Å². The fourth-order valence-electron chi connectivity index (χ4n) is 4.61. The lowest BCUT2D eigenvalue weighted by atomic mass is 9.94. The topological polar surface area (TPSA) is 57.5 Å². The van der Waals surface area contributed by atoms with E-state index in [4.69, 9.17) is 9.47 Å². The van der Waals surface area contributed by atoms with Gasteiger partial charge in [-0.25, -0.2) is 9.59 Å². The second-order valence-electron chi connectivity index (χ2n) is 8.17. The Morgan fingerprint density at radius 1 is 0.939 bits per heavy atom. The lowest BCUT2D eigenvalue weighted by molar-refractivity contribution is -0.149. The van der Waals surface area contributed by atoms with Crippen molar-refractivity contribution in [3.8, 4) is 5.75 Å². The number of carbonyl (C=O) groups is 2. The van der Waals surface area contributed by atoms with E-state index >= 15 is 0 Å². The van der Waals surface area contributed by atoms with Crippen LogP contribution in [0.3, 0.4) is 0 Å². The number of carbonyl (C=O) groups excluding carboxylic acids is 2. The SMILES string of the molecule is COc1ccc2c(c1)c(C1=C(c3cc(C)sc3C)C(=O)OC1=O)c(C)n2Cc1ccccc1. The monoisotopic (exact) mass is 457 g/mol. The first kappa shape index (κ1) is 21.2. The number of esters is 2. The molecule has 0 amide bonds. The van der Waals surface area contributed by atoms with E-state index < -0.39 is 11.9 Å². The molecule has 0 radical (unpaired) electrons. The van der Waals surface area contributed by atoms with Crippen molar-refractivity contribution in [3.63, 3.8) is 0 Å². The highest BCUT2D eigenvalue weighted by atomic mass is 32.1. The summed E-state index contributed by atoms with van der Waals surface area (Å²) in [6.07, 6.45) is 0. The molecule has 5 nitrogen and oxygen atoms in total. The van der Waals surface area contributed by atoms with Crippen molar-refractivity contribution < 1.29 is 19.1 Å². The van der Waals surface area contributed by atoms with Crippen LogP contribution in [0.1, 0.15) is 32.1 Å². The van der Waals surface area contributed by atoms with Crippen molar-refractivity contribution in [2.45, 2.75) is 27.3 Å². The molecule has 4 aromatic rings. The van der Waals surface area contributed by atoms with Crippen molar-refractivity contribution in [1.82, 2.24) is 4.57 Å². The highest BCUT2D eigenvalue weighted by Crippen LogP contribution is 2.43. The summed E-state index contributed by atoms with van der Waals surface area (Å²) in [5.74, 6) is -0.520. The summed E-state index contributed by atoms with van der Waals surface area (Å²) >= 11 is 1.60. The second-order valence-corrected chi connectivity index (χ2v) is 9.63. The first-order valence-electron chi connectivity index (χ1n) is 10.7. The Labute approximate surface area is 195 Å². The summed E-state index contributed by atoms with van der Waals surface area (Å²) in [6, 6.07) is 17.9. The Balaban J connectivity index is 1.83. The first-order valence-corrected chi connectivity index (χ1v) is 11.5. The molecule has 2 aromatic heterocycles. The molecule has 166 valence electrons. The quantitative estimate of drug-likeness (QED) is 0.286. The highest BCUT2D eigenvalue weighted by molar-refractivity contribution is 7.12. The summed E-state index contributed by atoms with van der Waals surface area (Å²) in [5, 5.41) is 0.853. The van der Waals surface area contributed by atoms with Gasteiger partial charge in [-0.05, 0) is 50.6 Å². The van der Waals surface area contributed by atoms with Crippen molar-refractivity contribution >= 4 is 45.3 Å². The predicted octanol–water partition coefficient (Wildman–Crippen LogP) is 5.68. The minimum Gasteiger partial charge on any atom is -0.497 e. The number of ether oxygens (including phenoxy) is 2. The molecular formula is C27H23NO4S. The van der Waals surface area contributed by atoms with Crippen LogP contribution in [-0.4, -0.2) is 23.6 Å². The summed E-state index contributed by atoms with van der Waals surface area (Å²) < 4.78 is 12.8. The molecule has 2 aromatic carbocycles. The number of aromatic nitrogens is 1. The summed E-state index contributed by atoms with van der Waals surface area (Å²) in [6.45, 7) is 6.57. The predicted molar refractivity (Wildman–Crippen MR) is 130 cm³/mol. The van der Waals surface area contributed by atoms with Gasteiger partial charge in [0.25, 0.3) is 0 Å². The van der Waals surface area contributed by atoms with Crippen LogP contribution in [0.25, 0.3) is 22.0 Å². The van der Waals surface area contributed by atoms with Crippen LogP contribution in [0.5, 0.6) is 5.75 Å². The van der Waals surface area contributed by atoms with Gasteiger partial charge in [-0.15, -0.1) is 11.3 Å². The number of hydrogen-bond acceptors (Lipinski definition) is 5. The number of benzene rings is 2. The minimum absolute atomic E-state index is 0.323. The van der Waals surface area contributed by atoms with Crippen molar-refractivity contribution in [2.75, 3.05) is 7.11 Å². The van der Waals surface area contributed by atoms with Gasteiger partial charge in [0, 0.05) is 44.0 Å². The van der Waals surface area contributed by atoms with E-state index in [2.05, 4.69) is 16.7 Å². The van der Waals surface area contributed by atoms with Gasteiger partial charge in [0.15, 0.2) is 0 Å². The molecule has 0 bridgehead atoms. The van der Waals surface area contributed by atoms with Crippen LogP contribution >= 0.6 is 11.3 Å². The molecule has 0 unspecified atom stereocenters. The molecule has 3 heterocycles. The van der Waals surface area contributed by atoms with Crippen LogP contribution in [-0.2, 0) is 20.9 Å². The number of methoxy groups -OCH3 is 1. The number of nitrogens with zero attached hydrogens (tertiary/aromatic N) is 1. The van der Waals surface area contributed by atoms with Crippen LogP contribution < -0.4 is 4.74 Å². The molecular weight excluding hydrogens is 434 g/mol. The molecule has 5 rings (SSSR count). The third-order valence-corrected chi connectivity index (χ3v) is 7.08. The second kappa shape index (κ2) is 8.05. The number of rotatable bonds is 5. The molecule has 0 fully saturated rings. The lowest BCUT2D eigenvalue weighted by Crippen LogP contribution is -2.04. The average Bonchev–Trinajstić information content (AvgIpc) is 3.38. The molecule has 0 atom stereocenters. The van der Waals surface area contributed by atoms with Crippen molar-refractivity contribution in [1.29, 1.82) is 0 Å². The maximum absolute atomic E-state index is 13.1. The van der Waals surface area contributed by atoms with E-state index in [1.807, 2.05) is 63.2 Å². The maximum Gasteiger partial charge on any atom is 0.347 e. The highest BCUT2D eigenvalue weighted by Gasteiger charge is 2.38. The van der Waals surface area contributed by atoms with E-state index in [-0.39, 0.29) is 0 Å². The molecule has 33 heavy (non-hydrogen) atoms. The largest absolute Gasteiger partial charge is 0.497 e. The Kier molecular flexibility index (Phi) is 5.17. The van der Waals surface area contributed by atoms with Gasteiger partial charge in [-0.1, -0.05) is 30.3 Å². The molecule has 0 N–H and O–H groups in total. The Morgan fingerprint density at radius 2 is 1.67 bits per heavy atom. The normalized spacial score (nSPS) is 13.8.